The molecule has 0 aliphatic carbocycles. The standard InChI is InChI=1S/C16H19F3N4O.ClH/c1-11-9-14(16(17,18)19)22-23(11)8-7-21-15(24)13(20)10-12-5-3-2-4-6-12;/h2-6,9,13H,7-8,10,20H2,1H3,(H,21,24);1H/t13-;/m0./s1. The van der Waals surface area contributed by atoms with Crippen molar-refractivity contribution in [3.63, 3.8) is 0 Å². The first-order chi connectivity index (χ1) is 11.3. The normalized spacial score (nSPS) is 12.4. The number of hydrogen-bond acceptors (Lipinski definition) is 3. The lowest BCUT2D eigenvalue weighted by Gasteiger charge is -2.13. The molecule has 1 atom stereocenters. The zero-order valence-corrected chi connectivity index (χ0v) is 14.4. The molecule has 9 heteroatoms. The lowest BCUT2D eigenvalue weighted by molar-refractivity contribution is -0.141. The van der Waals surface area contributed by atoms with E-state index in [1.165, 1.54) is 11.6 Å². The van der Waals surface area contributed by atoms with E-state index < -0.39 is 17.9 Å². The lowest BCUT2D eigenvalue weighted by Crippen LogP contribution is -2.43. The van der Waals surface area contributed by atoms with Crippen molar-refractivity contribution in [2.45, 2.75) is 32.1 Å². The van der Waals surface area contributed by atoms with Gasteiger partial charge >= 0.3 is 6.18 Å². The predicted molar refractivity (Wildman–Crippen MR) is 90.3 cm³/mol. The van der Waals surface area contributed by atoms with Crippen molar-refractivity contribution in [2.24, 2.45) is 5.73 Å². The molecule has 0 aliphatic rings. The van der Waals surface area contributed by atoms with Gasteiger partial charge in [0.25, 0.3) is 0 Å². The van der Waals surface area contributed by atoms with Gasteiger partial charge in [0.2, 0.25) is 5.91 Å². The van der Waals surface area contributed by atoms with Gasteiger partial charge in [0.05, 0.1) is 12.6 Å². The van der Waals surface area contributed by atoms with Gasteiger partial charge in [0.1, 0.15) is 0 Å². The summed E-state index contributed by atoms with van der Waals surface area (Å²) in [6.45, 7) is 1.83. The summed E-state index contributed by atoms with van der Waals surface area (Å²) in [5.74, 6) is -0.347. The summed E-state index contributed by atoms with van der Waals surface area (Å²) in [6, 6.07) is 9.60. The maximum absolute atomic E-state index is 12.6. The Morgan fingerprint density at radius 1 is 1.32 bits per heavy atom. The third-order valence-corrected chi connectivity index (χ3v) is 3.53. The van der Waals surface area contributed by atoms with E-state index in [2.05, 4.69) is 10.4 Å². The van der Waals surface area contributed by atoms with Crippen molar-refractivity contribution in [3.8, 4) is 0 Å². The SMILES string of the molecule is Cc1cc(C(F)(F)F)nn1CCNC(=O)[C@@H](N)Cc1ccccc1.Cl. The van der Waals surface area contributed by atoms with Crippen LogP contribution in [0.3, 0.4) is 0 Å². The first-order valence-corrected chi connectivity index (χ1v) is 7.46. The fourth-order valence-corrected chi connectivity index (χ4v) is 2.25. The summed E-state index contributed by atoms with van der Waals surface area (Å²) >= 11 is 0. The molecule has 0 unspecified atom stereocenters. The van der Waals surface area contributed by atoms with E-state index in [1.807, 2.05) is 30.3 Å². The van der Waals surface area contributed by atoms with Gasteiger partial charge in [0.15, 0.2) is 5.69 Å². The third-order valence-electron chi connectivity index (χ3n) is 3.53. The summed E-state index contributed by atoms with van der Waals surface area (Å²) in [4.78, 5) is 11.9. The minimum absolute atomic E-state index is 0. The highest BCUT2D eigenvalue weighted by molar-refractivity contribution is 5.85. The molecule has 0 bridgehead atoms. The number of nitrogens with one attached hydrogen (secondary N) is 1. The molecule has 138 valence electrons. The lowest BCUT2D eigenvalue weighted by atomic mass is 10.1. The van der Waals surface area contributed by atoms with Gasteiger partial charge in [-0.05, 0) is 25.0 Å². The van der Waals surface area contributed by atoms with Crippen molar-refractivity contribution >= 4 is 18.3 Å². The first-order valence-electron chi connectivity index (χ1n) is 7.46. The Morgan fingerprint density at radius 2 is 1.96 bits per heavy atom. The van der Waals surface area contributed by atoms with Crippen LogP contribution in [-0.2, 0) is 23.9 Å². The topological polar surface area (TPSA) is 72.9 Å². The molecule has 0 radical (unpaired) electrons. The number of rotatable bonds is 6. The number of carbonyl (C=O) groups is 1. The Kier molecular flexibility index (Phi) is 7.44. The molecule has 1 heterocycles. The molecule has 1 aromatic carbocycles. The summed E-state index contributed by atoms with van der Waals surface area (Å²) in [5, 5.41) is 6.12. The van der Waals surface area contributed by atoms with Crippen LogP contribution >= 0.6 is 12.4 Å². The second kappa shape index (κ2) is 8.87. The second-order valence-corrected chi connectivity index (χ2v) is 5.48. The molecule has 3 N–H and O–H groups in total. The number of hydrogen-bond donors (Lipinski definition) is 2. The molecule has 25 heavy (non-hydrogen) atoms. The molecule has 5 nitrogen and oxygen atoms in total. The van der Waals surface area contributed by atoms with Crippen LogP contribution in [0.15, 0.2) is 36.4 Å². The van der Waals surface area contributed by atoms with Gasteiger partial charge in [-0.3, -0.25) is 9.48 Å². The fourth-order valence-electron chi connectivity index (χ4n) is 2.25. The number of aryl methyl sites for hydroxylation is 1. The smallest absolute Gasteiger partial charge is 0.353 e. The van der Waals surface area contributed by atoms with Gasteiger partial charge < -0.3 is 11.1 Å². The molecule has 1 aromatic heterocycles. The van der Waals surface area contributed by atoms with E-state index in [1.54, 1.807) is 0 Å². The van der Waals surface area contributed by atoms with Crippen LogP contribution < -0.4 is 11.1 Å². The summed E-state index contributed by atoms with van der Waals surface area (Å²) in [5.41, 5.74) is 6.22. The molecule has 0 fully saturated rings. The highest BCUT2D eigenvalue weighted by atomic mass is 35.5. The zero-order valence-electron chi connectivity index (χ0n) is 13.6. The van der Waals surface area contributed by atoms with Crippen molar-refractivity contribution in [2.75, 3.05) is 6.54 Å². The molecule has 0 aliphatic heterocycles. The highest BCUT2D eigenvalue weighted by Crippen LogP contribution is 2.28. The van der Waals surface area contributed by atoms with Crippen molar-refractivity contribution in [1.29, 1.82) is 0 Å². The van der Waals surface area contributed by atoms with Gasteiger partial charge in [-0.25, -0.2) is 0 Å². The number of benzene rings is 1. The molecule has 2 rings (SSSR count). The Bertz CT molecular complexity index is 688. The Morgan fingerprint density at radius 3 is 2.52 bits per heavy atom. The molecular weight excluding hydrogens is 357 g/mol. The number of halogens is 4. The molecule has 0 saturated carbocycles. The second-order valence-electron chi connectivity index (χ2n) is 5.48. The average molecular weight is 377 g/mol. The van der Waals surface area contributed by atoms with Crippen LogP contribution in [-0.4, -0.2) is 28.3 Å². The minimum Gasteiger partial charge on any atom is -0.353 e. The number of aromatic nitrogens is 2. The van der Waals surface area contributed by atoms with Crippen molar-refractivity contribution < 1.29 is 18.0 Å². The molecule has 1 amide bonds. The molecule has 0 saturated heterocycles. The third kappa shape index (κ3) is 6.06. The van der Waals surface area contributed by atoms with E-state index in [0.29, 0.717) is 12.1 Å². The number of amides is 1. The summed E-state index contributed by atoms with van der Waals surface area (Å²) < 4.78 is 39.0. The molecular formula is C16H20ClF3N4O. The van der Waals surface area contributed by atoms with Crippen LogP contribution in [0.5, 0.6) is 0 Å². The number of alkyl halides is 3. The maximum Gasteiger partial charge on any atom is 0.435 e. The predicted octanol–water partition coefficient (Wildman–Crippen LogP) is 2.32. The molecule has 0 spiro atoms. The van der Waals surface area contributed by atoms with Gasteiger partial charge in [-0.15, -0.1) is 12.4 Å². The monoisotopic (exact) mass is 376 g/mol. The van der Waals surface area contributed by atoms with E-state index in [-0.39, 0.29) is 31.4 Å². The fraction of sp³-hybridized carbons (Fsp3) is 0.375. The molecule has 2 aromatic rings. The highest BCUT2D eigenvalue weighted by Gasteiger charge is 2.34. The van der Waals surface area contributed by atoms with Crippen LogP contribution in [0.25, 0.3) is 0 Å². The Labute approximate surface area is 149 Å². The van der Waals surface area contributed by atoms with E-state index in [0.717, 1.165) is 11.6 Å². The summed E-state index contributed by atoms with van der Waals surface area (Å²) in [6.07, 6.45) is -4.08. The average Bonchev–Trinajstić information content (AvgIpc) is 2.89. The van der Waals surface area contributed by atoms with Crippen LogP contribution in [0.1, 0.15) is 17.0 Å². The Balaban J connectivity index is 0.00000312. The largest absolute Gasteiger partial charge is 0.435 e. The Hall–Kier alpha value is -2.06. The number of carbonyl (C=O) groups excluding carboxylic acids is 1. The zero-order chi connectivity index (χ0) is 17.7. The minimum atomic E-state index is -4.47. The van der Waals surface area contributed by atoms with E-state index in [4.69, 9.17) is 5.73 Å². The van der Waals surface area contributed by atoms with Gasteiger partial charge in [-0.1, -0.05) is 30.3 Å². The van der Waals surface area contributed by atoms with Crippen molar-refractivity contribution in [3.05, 3.63) is 53.3 Å². The van der Waals surface area contributed by atoms with Gasteiger partial charge in [-0.2, -0.15) is 18.3 Å². The van der Waals surface area contributed by atoms with Gasteiger partial charge in [0, 0.05) is 12.2 Å². The van der Waals surface area contributed by atoms with Crippen LogP contribution in [0, 0.1) is 6.92 Å². The van der Waals surface area contributed by atoms with E-state index >= 15 is 0 Å². The quantitative estimate of drug-likeness (QED) is 0.812. The van der Waals surface area contributed by atoms with Crippen molar-refractivity contribution in [1.82, 2.24) is 15.1 Å². The number of nitrogens with zero attached hydrogens (tertiary/aromatic N) is 2. The van der Waals surface area contributed by atoms with E-state index in [9.17, 15) is 18.0 Å². The first kappa shape index (κ1) is 21.0. The van der Waals surface area contributed by atoms with Crippen LogP contribution in [0.2, 0.25) is 0 Å². The maximum atomic E-state index is 12.6. The van der Waals surface area contributed by atoms with Crippen LogP contribution in [0.4, 0.5) is 13.2 Å². The summed E-state index contributed by atoms with van der Waals surface area (Å²) in [7, 11) is 0. The number of nitrogens with two attached hydrogens (primary N) is 1.